The van der Waals surface area contributed by atoms with Crippen LogP contribution in [-0.2, 0) is 6.54 Å². The molecule has 1 saturated heterocycles. The minimum Gasteiger partial charge on any atom is -0.380 e. The Morgan fingerprint density at radius 3 is 2.96 bits per heavy atom. The Morgan fingerprint density at radius 2 is 2.19 bits per heavy atom. The van der Waals surface area contributed by atoms with Crippen molar-refractivity contribution < 1.29 is 13.6 Å². The minimum absolute atomic E-state index is 0.0372. The molecule has 140 valence electrons. The van der Waals surface area contributed by atoms with Crippen LogP contribution in [0.5, 0.6) is 0 Å². The Hall–Kier alpha value is -2.55. The molecule has 3 N–H and O–H groups in total. The van der Waals surface area contributed by atoms with Gasteiger partial charge >= 0.3 is 0 Å². The van der Waals surface area contributed by atoms with Crippen LogP contribution in [0.1, 0.15) is 29.8 Å². The number of nitrogens with zero attached hydrogens (tertiary/aromatic N) is 4. The van der Waals surface area contributed by atoms with E-state index in [0.29, 0.717) is 37.6 Å². The maximum Gasteiger partial charge on any atom is 0.276 e. The van der Waals surface area contributed by atoms with Gasteiger partial charge in [0.2, 0.25) is 0 Å². The second-order valence-corrected chi connectivity index (χ2v) is 6.37. The van der Waals surface area contributed by atoms with Crippen molar-refractivity contribution in [2.75, 3.05) is 25.0 Å². The lowest BCUT2D eigenvalue weighted by molar-refractivity contribution is 0.0708. The highest BCUT2D eigenvalue weighted by molar-refractivity contribution is 5.92. The van der Waals surface area contributed by atoms with Crippen molar-refractivity contribution in [1.29, 1.82) is 0 Å². The second-order valence-electron chi connectivity index (χ2n) is 6.37. The van der Waals surface area contributed by atoms with Gasteiger partial charge in [-0.2, -0.15) is 0 Å². The van der Waals surface area contributed by atoms with E-state index in [-0.39, 0.29) is 11.9 Å². The molecule has 26 heavy (non-hydrogen) atoms. The topological polar surface area (TPSA) is 89.1 Å². The molecule has 0 aliphatic carbocycles. The number of aryl methyl sites for hydroxylation is 1. The molecule has 9 heteroatoms. The highest BCUT2D eigenvalue weighted by Crippen LogP contribution is 2.19. The van der Waals surface area contributed by atoms with Gasteiger partial charge < -0.3 is 16.0 Å². The first-order valence-electron chi connectivity index (χ1n) is 8.68. The molecule has 0 unspecified atom stereocenters. The largest absolute Gasteiger partial charge is 0.380 e. The molecule has 1 aromatic heterocycles. The van der Waals surface area contributed by atoms with Crippen LogP contribution in [0.25, 0.3) is 0 Å². The summed E-state index contributed by atoms with van der Waals surface area (Å²) < 4.78 is 28.0. The quantitative estimate of drug-likeness (QED) is 0.813. The molecule has 1 fully saturated rings. The van der Waals surface area contributed by atoms with Crippen LogP contribution in [0.3, 0.4) is 0 Å². The molecule has 1 amide bonds. The first kappa shape index (κ1) is 18.2. The number of carbonyl (C=O) groups excluding carboxylic acids is 1. The number of anilines is 1. The molecule has 0 bridgehead atoms. The lowest BCUT2D eigenvalue weighted by atomic mass is 10.0. The van der Waals surface area contributed by atoms with Crippen molar-refractivity contribution in [2.45, 2.75) is 31.8 Å². The molecule has 0 saturated carbocycles. The monoisotopic (exact) mass is 364 g/mol. The van der Waals surface area contributed by atoms with Crippen molar-refractivity contribution >= 4 is 11.6 Å². The Balaban J connectivity index is 1.61. The summed E-state index contributed by atoms with van der Waals surface area (Å²) in [5.74, 6) is -1.96. The van der Waals surface area contributed by atoms with E-state index < -0.39 is 11.6 Å². The summed E-state index contributed by atoms with van der Waals surface area (Å²) in [5, 5.41) is 11.1. The number of nitrogens with two attached hydrogens (primary N) is 1. The predicted molar refractivity (Wildman–Crippen MR) is 92.6 cm³/mol. The van der Waals surface area contributed by atoms with E-state index in [9.17, 15) is 13.6 Å². The first-order chi connectivity index (χ1) is 12.6. The average Bonchev–Trinajstić information content (AvgIpc) is 3.11. The highest BCUT2D eigenvalue weighted by atomic mass is 19.2. The molecule has 1 aliphatic heterocycles. The predicted octanol–water partition coefficient (Wildman–Crippen LogP) is 1.62. The average molecular weight is 364 g/mol. The van der Waals surface area contributed by atoms with Crippen molar-refractivity contribution in [2.24, 2.45) is 5.73 Å². The molecule has 2 aromatic rings. The van der Waals surface area contributed by atoms with Crippen LogP contribution in [0.15, 0.2) is 24.4 Å². The van der Waals surface area contributed by atoms with Gasteiger partial charge in [0.25, 0.3) is 5.91 Å². The number of halogens is 2. The van der Waals surface area contributed by atoms with Gasteiger partial charge in [0.15, 0.2) is 17.3 Å². The van der Waals surface area contributed by atoms with Crippen molar-refractivity contribution in [3.8, 4) is 0 Å². The first-order valence-corrected chi connectivity index (χ1v) is 8.68. The number of nitrogens with one attached hydrogen (secondary N) is 1. The fourth-order valence-electron chi connectivity index (χ4n) is 3.02. The van der Waals surface area contributed by atoms with Gasteiger partial charge in [-0.25, -0.2) is 8.78 Å². The normalized spacial score (nSPS) is 17.3. The number of piperidine rings is 1. The summed E-state index contributed by atoms with van der Waals surface area (Å²) in [6.07, 6.45) is 4.05. The summed E-state index contributed by atoms with van der Waals surface area (Å²) in [6.45, 7) is 2.27. The maximum atomic E-state index is 13.3. The number of hydrogen-bond donors (Lipinski definition) is 2. The third-order valence-corrected chi connectivity index (χ3v) is 4.35. The molecule has 1 aliphatic rings. The Labute approximate surface area is 150 Å². The third-order valence-electron chi connectivity index (χ3n) is 4.35. The second kappa shape index (κ2) is 8.22. The van der Waals surface area contributed by atoms with Crippen LogP contribution in [0.4, 0.5) is 14.5 Å². The molecule has 3 rings (SSSR count). The van der Waals surface area contributed by atoms with Gasteiger partial charge in [0, 0.05) is 37.4 Å². The summed E-state index contributed by atoms with van der Waals surface area (Å²) in [7, 11) is 0. The van der Waals surface area contributed by atoms with Crippen LogP contribution in [0.2, 0.25) is 0 Å². The van der Waals surface area contributed by atoms with E-state index in [1.807, 2.05) is 0 Å². The standard InChI is InChI=1S/C17H22F2N6O/c18-14-5-4-12(9-15(14)19)21-13-3-1-7-24(10-13)17(26)16-11-25(23-22-16)8-2-6-20/h4-5,9,11,13,21H,1-3,6-8,10,20H2/t13-/m1/s1. The number of likely N-dealkylation sites (tertiary alicyclic amines) is 1. The van der Waals surface area contributed by atoms with Crippen molar-refractivity contribution in [3.63, 3.8) is 0 Å². The van der Waals surface area contributed by atoms with Crippen molar-refractivity contribution in [1.82, 2.24) is 19.9 Å². The van der Waals surface area contributed by atoms with Crippen LogP contribution < -0.4 is 11.1 Å². The van der Waals surface area contributed by atoms with Crippen molar-refractivity contribution in [3.05, 3.63) is 41.7 Å². The summed E-state index contributed by atoms with van der Waals surface area (Å²) in [4.78, 5) is 14.3. The van der Waals surface area contributed by atoms with Gasteiger partial charge in [0.05, 0.1) is 6.20 Å². The van der Waals surface area contributed by atoms with Crippen LogP contribution in [0, 0.1) is 11.6 Å². The zero-order valence-electron chi connectivity index (χ0n) is 14.4. The highest BCUT2D eigenvalue weighted by Gasteiger charge is 2.26. The number of rotatable bonds is 6. The number of aromatic nitrogens is 3. The zero-order chi connectivity index (χ0) is 18.5. The molecule has 0 spiro atoms. The van der Waals surface area contributed by atoms with Gasteiger partial charge in [-0.05, 0) is 37.9 Å². The summed E-state index contributed by atoms with van der Waals surface area (Å²) in [6, 6.07) is 3.66. The molecule has 2 heterocycles. The fraction of sp³-hybridized carbons (Fsp3) is 0.471. The van der Waals surface area contributed by atoms with Crippen LogP contribution >= 0.6 is 0 Å². The molecular formula is C17H22F2N6O. The van der Waals surface area contributed by atoms with Gasteiger partial charge in [-0.15, -0.1) is 5.10 Å². The Kier molecular flexibility index (Phi) is 5.77. The molecule has 0 radical (unpaired) electrons. The number of hydrogen-bond acceptors (Lipinski definition) is 5. The lowest BCUT2D eigenvalue weighted by Gasteiger charge is -2.33. The van der Waals surface area contributed by atoms with Gasteiger partial charge in [-0.3, -0.25) is 9.48 Å². The fourth-order valence-corrected chi connectivity index (χ4v) is 3.02. The van der Waals surface area contributed by atoms with E-state index in [0.717, 1.165) is 31.4 Å². The SMILES string of the molecule is NCCCn1cc(C(=O)N2CCC[C@@H](Nc3ccc(F)c(F)c3)C2)nn1. The minimum atomic E-state index is -0.896. The number of carbonyl (C=O) groups is 1. The Morgan fingerprint density at radius 1 is 1.35 bits per heavy atom. The molecular weight excluding hydrogens is 342 g/mol. The molecule has 7 nitrogen and oxygen atoms in total. The van der Waals surface area contributed by atoms with E-state index in [1.165, 1.54) is 6.07 Å². The van der Waals surface area contributed by atoms with Gasteiger partial charge in [-0.1, -0.05) is 5.21 Å². The lowest BCUT2D eigenvalue weighted by Crippen LogP contribution is -2.45. The number of benzene rings is 1. The van der Waals surface area contributed by atoms with E-state index in [4.69, 9.17) is 5.73 Å². The molecule has 1 atom stereocenters. The van der Waals surface area contributed by atoms with Gasteiger partial charge in [0.1, 0.15) is 0 Å². The Bertz CT molecular complexity index is 765. The third kappa shape index (κ3) is 4.34. The van der Waals surface area contributed by atoms with E-state index >= 15 is 0 Å². The summed E-state index contributed by atoms with van der Waals surface area (Å²) >= 11 is 0. The van der Waals surface area contributed by atoms with E-state index in [1.54, 1.807) is 15.8 Å². The summed E-state index contributed by atoms with van der Waals surface area (Å²) in [5.41, 5.74) is 6.27. The zero-order valence-corrected chi connectivity index (χ0v) is 14.4. The van der Waals surface area contributed by atoms with Crippen LogP contribution in [-0.4, -0.2) is 51.5 Å². The number of amides is 1. The molecule has 1 aromatic carbocycles. The maximum absolute atomic E-state index is 13.3. The van der Waals surface area contributed by atoms with E-state index in [2.05, 4.69) is 15.6 Å². The smallest absolute Gasteiger partial charge is 0.276 e.